The van der Waals surface area contributed by atoms with Crippen LogP contribution >= 0.6 is 0 Å². The molecule has 0 aromatic carbocycles. The molecule has 2 amide bonds. The van der Waals surface area contributed by atoms with Crippen molar-refractivity contribution in [1.82, 2.24) is 19.7 Å². The van der Waals surface area contributed by atoms with Crippen molar-refractivity contribution in [1.29, 1.82) is 0 Å². The summed E-state index contributed by atoms with van der Waals surface area (Å²) in [6.07, 6.45) is 0.882. The van der Waals surface area contributed by atoms with Gasteiger partial charge in [-0.15, -0.1) is 5.10 Å². The Bertz CT molecular complexity index is 812. The molecule has 0 spiro atoms. The van der Waals surface area contributed by atoms with Gasteiger partial charge in [-0.25, -0.2) is 14.5 Å². The summed E-state index contributed by atoms with van der Waals surface area (Å²) in [5.74, 6) is -0.178. The van der Waals surface area contributed by atoms with Gasteiger partial charge in [0, 0.05) is 31.5 Å². The molecule has 0 radical (unpaired) electrons. The van der Waals surface area contributed by atoms with E-state index in [1.807, 2.05) is 6.92 Å². The molecule has 0 saturated heterocycles. The van der Waals surface area contributed by atoms with Crippen LogP contribution in [0.4, 0.5) is 23.8 Å². The van der Waals surface area contributed by atoms with Gasteiger partial charge in [-0.05, 0) is 25.5 Å². The number of carbonyl (C=O) groups excluding carboxylic acids is 1. The fourth-order valence-corrected chi connectivity index (χ4v) is 2.58. The lowest BCUT2D eigenvalue weighted by atomic mass is 10.1. The molecule has 0 aliphatic carbocycles. The van der Waals surface area contributed by atoms with E-state index in [1.165, 1.54) is 24.5 Å². The van der Waals surface area contributed by atoms with Crippen molar-refractivity contribution in [3.8, 4) is 5.82 Å². The van der Waals surface area contributed by atoms with Crippen molar-refractivity contribution in [2.24, 2.45) is 0 Å². The number of alkyl halides is 3. The Morgan fingerprint density at radius 2 is 2.12 bits per heavy atom. The van der Waals surface area contributed by atoms with E-state index in [0.29, 0.717) is 13.1 Å². The first-order chi connectivity index (χ1) is 11.8. The molecule has 1 aliphatic heterocycles. The van der Waals surface area contributed by atoms with E-state index in [9.17, 15) is 18.0 Å². The quantitative estimate of drug-likeness (QED) is 0.843. The summed E-state index contributed by atoms with van der Waals surface area (Å²) < 4.78 is 40.2. The van der Waals surface area contributed by atoms with Gasteiger partial charge in [0.25, 0.3) is 0 Å². The number of carbonyl (C=O) groups is 1. The van der Waals surface area contributed by atoms with Gasteiger partial charge in [0.05, 0.1) is 0 Å². The highest BCUT2D eigenvalue weighted by Crippen LogP contribution is 2.32. The van der Waals surface area contributed by atoms with Crippen LogP contribution in [0.5, 0.6) is 0 Å². The number of aromatic nitrogens is 3. The van der Waals surface area contributed by atoms with Crippen LogP contribution in [0, 0.1) is 0 Å². The van der Waals surface area contributed by atoms with Crippen molar-refractivity contribution >= 4 is 11.8 Å². The van der Waals surface area contributed by atoms with Crippen molar-refractivity contribution in [3.05, 3.63) is 47.8 Å². The molecule has 1 aliphatic rings. The fourth-order valence-electron chi connectivity index (χ4n) is 2.58. The number of halogens is 3. The molecular formula is C16H16F3N5O. The maximum absolute atomic E-state index is 13.1. The molecule has 2 aromatic heterocycles. The average molecular weight is 351 g/mol. The minimum atomic E-state index is -4.55. The molecule has 0 unspecified atom stereocenters. The van der Waals surface area contributed by atoms with E-state index in [1.54, 1.807) is 4.90 Å². The first-order valence-electron chi connectivity index (χ1n) is 7.64. The van der Waals surface area contributed by atoms with E-state index < -0.39 is 11.7 Å². The second kappa shape index (κ2) is 6.58. The molecule has 0 atom stereocenters. The Labute approximate surface area is 142 Å². The number of anilines is 1. The standard InChI is InChI=1S/C16H16F3N5O/c1-11-4-3-8-23(10-11)15(25)21-13-6-9-24(22-13)14-12(16(17,18)19)5-2-7-20-14/h2,4-7,9H,3,8,10H2,1H3,(H,21,22,25). The van der Waals surface area contributed by atoms with Crippen LogP contribution < -0.4 is 5.32 Å². The smallest absolute Gasteiger partial charge is 0.320 e. The molecule has 0 fully saturated rings. The largest absolute Gasteiger partial charge is 0.420 e. The summed E-state index contributed by atoms with van der Waals surface area (Å²) in [7, 11) is 0. The first-order valence-corrected chi connectivity index (χ1v) is 7.64. The second-order valence-electron chi connectivity index (χ2n) is 5.71. The maximum Gasteiger partial charge on any atom is 0.420 e. The Morgan fingerprint density at radius 3 is 2.84 bits per heavy atom. The van der Waals surface area contributed by atoms with Gasteiger partial charge in [-0.1, -0.05) is 11.6 Å². The van der Waals surface area contributed by atoms with Crippen molar-refractivity contribution in [3.63, 3.8) is 0 Å². The molecule has 1 N–H and O–H groups in total. The average Bonchev–Trinajstić information content (AvgIpc) is 3.02. The highest BCUT2D eigenvalue weighted by atomic mass is 19.4. The SMILES string of the molecule is CC1=CCCN(C(=O)Nc2ccn(-c3ncccc3C(F)(F)F)n2)C1. The zero-order valence-electron chi connectivity index (χ0n) is 13.4. The highest BCUT2D eigenvalue weighted by Gasteiger charge is 2.34. The predicted molar refractivity (Wildman–Crippen MR) is 85.3 cm³/mol. The Hall–Kier alpha value is -2.84. The number of hydrogen-bond donors (Lipinski definition) is 1. The summed E-state index contributed by atoms with van der Waals surface area (Å²) >= 11 is 0. The van der Waals surface area contributed by atoms with Gasteiger partial charge >= 0.3 is 12.2 Å². The van der Waals surface area contributed by atoms with E-state index >= 15 is 0 Å². The molecule has 3 rings (SSSR count). The minimum absolute atomic E-state index is 0.163. The lowest BCUT2D eigenvalue weighted by molar-refractivity contribution is -0.137. The number of pyridine rings is 1. The number of hydrogen-bond acceptors (Lipinski definition) is 3. The van der Waals surface area contributed by atoms with Crippen molar-refractivity contribution in [2.45, 2.75) is 19.5 Å². The number of urea groups is 1. The number of nitrogens with zero attached hydrogens (tertiary/aromatic N) is 4. The summed E-state index contributed by atoms with van der Waals surface area (Å²) in [5, 5.41) is 6.59. The zero-order chi connectivity index (χ0) is 18.0. The third-order valence-electron chi connectivity index (χ3n) is 3.75. The van der Waals surface area contributed by atoms with Crippen LogP contribution in [0.25, 0.3) is 5.82 Å². The summed E-state index contributed by atoms with van der Waals surface area (Å²) in [5.41, 5.74) is 0.197. The molecular weight excluding hydrogens is 335 g/mol. The van der Waals surface area contributed by atoms with Crippen LogP contribution in [-0.2, 0) is 6.18 Å². The molecule has 6 nitrogen and oxygen atoms in total. The van der Waals surface area contributed by atoms with Gasteiger partial charge < -0.3 is 4.90 Å². The topological polar surface area (TPSA) is 63.1 Å². The Balaban J connectivity index is 1.78. The van der Waals surface area contributed by atoms with Gasteiger partial charge in [-0.2, -0.15) is 13.2 Å². The minimum Gasteiger partial charge on any atom is -0.320 e. The molecule has 9 heteroatoms. The normalized spacial score (nSPS) is 15.0. The van der Waals surface area contributed by atoms with Crippen molar-refractivity contribution < 1.29 is 18.0 Å². The number of nitrogens with one attached hydrogen (secondary N) is 1. The molecule has 3 heterocycles. The van der Waals surface area contributed by atoms with Crippen LogP contribution in [0.15, 0.2) is 42.2 Å². The van der Waals surface area contributed by atoms with Gasteiger partial charge in [0.15, 0.2) is 11.6 Å². The third kappa shape index (κ3) is 3.81. The molecule has 0 bridgehead atoms. The van der Waals surface area contributed by atoms with Crippen LogP contribution in [-0.4, -0.2) is 38.8 Å². The zero-order valence-corrected chi connectivity index (χ0v) is 13.4. The number of rotatable bonds is 2. The third-order valence-corrected chi connectivity index (χ3v) is 3.75. The highest BCUT2D eigenvalue weighted by molar-refractivity contribution is 5.88. The van der Waals surface area contributed by atoms with E-state index in [-0.39, 0.29) is 17.7 Å². The summed E-state index contributed by atoms with van der Waals surface area (Å²) in [6, 6.07) is 3.24. The van der Waals surface area contributed by atoms with E-state index in [0.717, 1.165) is 22.7 Å². The monoisotopic (exact) mass is 351 g/mol. The maximum atomic E-state index is 13.1. The van der Waals surface area contributed by atoms with Crippen LogP contribution in [0.2, 0.25) is 0 Å². The van der Waals surface area contributed by atoms with E-state index in [4.69, 9.17) is 0 Å². The summed E-state index contributed by atoms with van der Waals surface area (Å²) in [6.45, 7) is 3.04. The number of amides is 2. The van der Waals surface area contributed by atoms with E-state index in [2.05, 4.69) is 21.5 Å². The van der Waals surface area contributed by atoms with Crippen molar-refractivity contribution in [2.75, 3.05) is 18.4 Å². The Kier molecular flexibility index (Phi) is 4.47. The second-order valence-corrected chi connectivity index (χ2v) is 5.71. The lowest BCUT2D eigenvalue weighted by Crippen LogP contribution is -2.38. The van der Waals surface area contributed by atoms with Gasteiger partial charge in [-0.3, -0.25) is 5.32 Å². The van der Waals surface area contributed by atoms with Crippen LogP contribution in [0.3, 0.4) is 0 Å². The van der Waals surface area contributed by atoms with Gasteiger partial charge in [0.2, 0.25) is 0 Å². The molecule has 2 aromatic rings. The predicted octanol–water partition coefficient (Wildman–Crippen LogP) is 3.47. The van der Waals surface area contributed by atoms with Gasteiger partial charge in [0.1, 0.15) is 5.56 Å². The summed E-state index contributed by atoms with van der Waals surface area (Å²) in [4.78, 5) is 17.6. The molecule has 25 heavy (non-hydrogen) atoms. The van der Waals surface area contributed by atoms with Crippen LogP contribution in [0.1, 0.15) is 18.9 Å². The fraction of sp³-hybridized carbons (Fsp3) is 0.312. The Morgan fingerprint density at radius 1 is 1.32 bits per heavy atom. The molecule has 132 valence electrons. The first kappa shape index (κ1) is 17.0. The lowest BCUT2D eigenvalue weighted by Gasteiger charge is -2.25. The molecule has 0 saturated carbocycles.